The maximum Gasteiger partial charge on any atom is 0.229 e. The Morgan fingerprint density at radius 2 is 2.08 bits per heavy atom. The Kier molecular flexibility index (Phi) is 5.83. The highest BCUT2D eigenvalue weighted by molar-refractivity contribution is 5.94. The molecule has 2 N–H and O–H groups in total. The average molecular weight is 334 g/mol. The zero-order valence-corrected chi connectivity index (χ0v) is 14.8. The summed E-state index contributed by atoms with van der Waals surface area (Å²) >= 11 is 0. The summed E-state index contributed by atoms with van der Waals surface area (Å²) in [6.07, 6.45) is 0.591. The molecule has 0 aromatic heterocycles. The van der Waals surface area contributed by atoms with Crippen molar-refractivity contribution in [3.63, 3.8) is 0 Å². The van der Waals surface area contributed by atoms with Crippen molar-refractivity contribution < 1.29 is 19.1 Å². The van der Waals surface area contributed by atoms with Gasteiger partial charge in [-0.1, -0.05) is 20.8 Å². The van der Waals surface area contributed by atoms with Gasteiger partial charge in [0.1, 0.15) is 12.4 Å². The fourth-order valence-electron chi connectivity index (χ4n) is 2.38. The Morgan fingerprint density at radius 3 is 2.75 bits per heavy atom. The van der Waals surface area contributed by atoms with Gasteiger partial charge in [-0.3, -0.25) is 9.59 Å². The molecule has 0 unspecified atom stereocenters. The number of rotatable bonds is 5. The van der Waals surface area contributed by atoms with Crippen LogP contribution in [0.3, 0.4) is 0 Å². The standard InChI is InChI=1S/C18H26N2O4/c1-18(2,3)17(22)20-14-5-6-15-12(10-14)9-13(11-24-15)16(21)19-7-8-23-4/h5-6,10,13H,7-9,11H2,1-4H3,(H,19,21)(H,20,22)/t13-/m0/s1. The first-order chi connectivity index (χ1) is 11.3. The van der Waals surface area contributed by atoms with Crippen molar-refractivity contribution in [1.82, 2.24) is 5.32 Å². The molecule has 0 fully saturated rings. The molecule has 0 saturated carbocycles. The lowest BCUT2D eigenvalue weighted by Gasteiger charge is -2.25. The molecule has 132 valence electrons. The van der Waals surface area contributed by atoms with Gasteiger partial charge in [-0.25, -0.2) is 0 Å². The molecule has 6 nitrogen and oxygen atoms in total. The second kappa shape index (κ2) is 7.66. The molecule has 0 aliphatic carbocycles. The van der Waals surface area contributed by atoms with Gasteiger partial charge in [-0.05, 0) is 30.2 Å². The van der Waals surface area contributed by atoms with E-state index in [1.807, 2.05) is 39.0 Å². The summed E-state index contributed by atoms with van der Waals surface area (Å²) < 4.78 is 10.6. The Bertz CT molecular complexity index is 608. The third kappa shape index (κ3) is 4.71. The number of amides is 2. The fourth-order valence-corrected chi connectivity index (χ4v) is 2.38. The Balaban J connectivity index is 2.03. The van der Waals surface area contributed by atoms with Gasteiger partial charge >= 0.3 is 0 Å². The largest absolute Gasteiger partial charge is 0.492 e. The van der Waals surface area contributed by atoms with Gasteiger partial charge in [-0.2, -0.15) is 0 Å². The van der Waals surface area contributed by atoms with E-state index in [1.54, 1.807) is 7.11 Å². The number of ether oxygens (including phenoxy) is 2. The Morgan fingerprint density at radius 1 is 1.33 bits per heavy atom. The van der Waals surface area contributed by atoms with Gasteiger partial charge in [0.25, 0.3) is 0 Å². The number of carbonyl (C=O) groups excluding carboxylic acids is 2. The lowest BCUT2D eigenvalue weighted by Crippen LogP contribution is -2.38. The molecule has 1 atom stereocenters. The highest BCUT2D eigenvalue weighted by Crippen LogP contribution is 2.30. The molecule has 6 heteroatoms. The molecule has 2 rings (SSSR count). The molecule has 1 aromatic carbocycles. The van der Waals surface area contributed by atoms with E-state index in [-0.39, 0.29) is 17.7 Å². The fraction of sp³-hybridized carbons (Fsp3) is 0.556. The number of hydrogen-bond acceptors (Lipinski definition) is 4. The molecule has 2 amide bonds. The normalized spacial score (nSPS) is 16.8. The molecular weight excluding hydrogens is 308 g/mol. The second-order valence-corrected chi connectivity index (χ2v) is 7.02. The number of hydrogen-bond donors (Lipinski definition) is 2. The van der Waals surface area contributed by atoms with Crippen LogP contribution in [0.1, 0.15) is 26.3 Å². The predicted molar refractivity (Wildman–Crippen MR) is 92.1 cm³/mol. The summed E-state index contributed by atoms with van der Waals surface area (Å²) in [7, 11) is 1.60. The van der Waals surface area contributed by atoms with E-state index in [0.29, 0.717) is 26.2 Å². The number of anilines is 1. The molecule has 0 bridgehead atoms. The van der Waals surface area contributed by atoms with Crippen LogP contribution in [0.15, 0.2) is 18.2 Å². The first-order valence-electron chi connectivity index (χ1n) is 8.15. The third-order valence-corrected chi connectivity index (χ3v) is 3.88. The van der Waals surface area contributed by atoms with E-state index >= 15 is 0 Å². The summed E-state index contributed by atoms with van der Waals surface area (Å²) in [5.41, 5.74) is 1.19. The zero-order valence-electron chi connectivity index (χ0n) is 14.8. The summed E-state index contributed by atoms with van der Waals surface area (Å²) in [4.78, 5) is 24.3. The minimum atomic E-state index is -0.462. The van der Waals surface area contributed by atoms with Crippen molar-refractivity contribution in [2.24, 2.45) is 11.3 Å². The van der Waals surface area contributed by atoms with Gasteiger partial charge in [0.15, 0.2) is 0 Å². The Hall–Kier alpha value is -2.08. The number of methoxy groups -OCH3 is 1. The van der Waals surface area contributed by atoms with Crippen LogP contribution in [0.25, 0.3) is 0 Å². The van der Waals surface area contributed by atoms with Crippen LogP contribution in [0.2, 0.25) is 0 Å². The van der Waals surface area contributed by atoms with Crippen LogP contribution < -0.4 is 15.4 Å². The highest BCUT2D eigenvalue weighted by atomic mass is 16.5. The minimum absolute atomic E-state index is 0.0400. The SMILES string of the molecule is COCCNC(=O)[C@@H]1COc2ccc(NC(=O)C(C)(C)C)cc2C1. The second-order valence-electron chi connectivity index (χ2n) is 7.02. The third-order valence-electron chi connectivity index (χ3n) is 3.88. The topological polar surface area (TPSA) is 76.7 Å². The molecule has 0 spiro atoms. The average Bonchev–Trinajstić information content (AvgIpc) is 2.53. The first-order valence-corrected chi connectivity index (χ1v) is 8.15. The molecule has 1 aliphatic rings. The lowest BCUT2D eigenvalue weighted by atomic mass is 9.94. The summed E-state index contributed by atoms with van der Waals surface area (Å²) in [5, 5.41) is 5.74. The molecular formula is C18H26N2O4. The number of benzene rings is 1. The van der Waals surface area contributed by atoms with E-state index in [2.05, 4.69) is 10.6 Å². The number of carbonyl (C=O) groups is 2. The smallest absolute Gasteiger partial charge is 0.229 e. The van der Waals surface area contributed by atoms with E-state index < -0.39 is 5.41 Å². The van der Waals surface area contributed by atoms with E-state index in [9.17, 15) is 9.59 Å². The van der Waals surface area contributed by atoms with Gasteiger partial charge in [-0.15, -0.1) is 0 Å². The summed E-state index contributed by atoms with van der Waals surface area (Å²) in [5.74, 6) is 0.447. The molecule has 1 heterocycles. The van der Waals surface area contributed by atoms with Crippen LogP contribution in [-0.4, -0.2) is 38.7 Å². The van der Waals surface area contributed by atoms with E-state index in [4.69, 9.17) is 9.47 Å². The van der Waals surface area contributed by atoms with Crippen LogP contribution in [-0.2, 0) is 20.7 Å². The Labute approximate surface area is 142 Å². The summed E-state index contributed by atoms with van der Waals surface area (Å²) in [6.45, 7) is 6.93. The van der Waals surface area contributed by atoms with Crippen molar-refractivity contribution in [3.05, 3.63) is 23.8 Å². The molecule has 0 saturated heterocycles. The maximum atomic E-state index is 12.2. The van der Waals surface area contributed by atoms with Crippen molar-refractivity contribution in [2.75, 3.05) is 32.2 Å². The predicted octanol–water partition coefficient (Wildman–Crippen LogP) is 1.98. The van der Waals surface area contributed by atoms with E-state index in [1.165, 1.54) is 0 Å². The minimum Gasteiger partial charge on any atom is -0.492 e. The van der Waals surface area contributed by atoms with Gasteiger partial charge in [0, 0.05) is 24.8 Å². The quantitative estimate of drug-likeness (QED) is 0.807. The number of fused-ring (bicyclic) bond motifs is 1. The van der Waals surface area contributed by atoms with Gasteiger partial charge < -0.3 is 20.1 Å². The van der Waals surface area contributed by atoms with Crippen molar-refractivity contribution in [1.29, 1.82) is 0 Å². The van der Waals surface area contributed by atoms with Gasteiger partial charge in [0.05, 0.1) is 12.5 Å². The molecule has 1 aliphatic heterocycles. The number of nitrogens with one attached hydrogen (secondary N) is 2. The van der Waals surface area contributed by atoms with Crippen LogP contribution in [0.4, 0.5) is 5.69 Å². The first kappa shape index (κ1) is 18.3. The highest BCUT2D eigenvalue weighted by Gasteiger charge is 2.27. The van der Waals surface area contributed by atoms with E-state index in [0.717, 1.165) is 17.0 Å². The van der Waals surface area contributed by atoms with Crippen molar-refractivity contribution in [2.45, 2.75) is 27.2 Å². The lowest BCUT2D eigenvalue weighted by molar-refractivity contribution is -0.126. The van der Waals surface area contributed by atoms with Crippen molar-refractivity contribution >= 4 is 17.5 Å². The van der Waals surface area contributed by atoms with Crippen LogP contribution in [0.5, 0.6) is 5.75 Å². The molecule has 1 aromatic rings. The molecule has 24 heavy (non-hydrogen) atoms. The maximum absolute atomic E-state index is 12.2. The van der Waals surface area contributed by atoms with Gasteiger partial charge in [0.2, 0.25) is 11.8 Å². The summed E-state index contributed by atoms with van der Waals surface area (Å²) in [6, 6.07) is 5.54. The monoisotopic (exact) mass is 334 g/mol. The van der Waals surface area contributed by atoms with Crippen LogP contribution >= 0.6 is 0 Å². The zero-order chi connectivity index (χ0) is 17.7. The van der Waals surface area contributed by atoms with Crippen LogP contribution in [0, 0.1) is 11.3 Å². The van der Waals surface area contributed by atoms with Crippen molar-refractivity contribution in [3.8, 4) is 5.75 Å². The molecule has 0 radical (unpaired) electrons.